The summed E-state index contributed by atoms with van der Waals surface area (Å²) in [5, 5.41) is 3.55. The van der Waals surface area contributed by atoms with Crippen LogP contribution >= 0.6 is 23.2 Å². The second-order valence-electron chi connectivity index (χ2n) is 4.10. The molecule has 0 amide bonds. The molecule has 2 nitrogen and oxygen atoms in total. The predicted molar refractivity (Wildman–Crippen MR) is 68.7 cm³/mol. The van der Waals surface area contributed by atoms with E-state index in [1.807, 2.05) is 18.2 Å². The lowest BCUT2D eigenvalue weighted by atomic mass is 10.2. The van der Waals surface area contributed by atoms with Gasteiger partial charge >= 0.3 is 0 Å². The minimum atomic E-state index is 0.625. The average molecular weight is 259 g/mol. The normalized spacial score (nSPS) is 17.6. The zero-order valence-corrected chi connectivity index (χ0v) is 10.7. The first-order chi connectivity index (χ1) is 7.77. The fourth-order valence-electron chi connectivity index (χ4n) is 1.93. The molecule has 16 heavy (non-hydrogen) atoms. The third-order valence-corrected chi connectivity index (χ3v) is 3.74. The second kappa shape index (κ2) is 5.87. The van der Waals surface area contributed by atoms with Crippen molar-refractivity contribution in [3.8, 4) is 0 Å². The van der Waals surface area contributed by atoms with Crippen LogP contribution in [0, 0.1) is 0 Å². The SMILES string of the molecule is Clc1cccc(CNN2CCCCC2)c1Cl. The van der Waals surface area contributed by atoms with E-state index in [0.29, 0.717) is 10.0 Å². The minimum absolute atomic E-state index is 0.625. The van der Waals surface area contributed by atoms with Gasteiger partial charge < -0.3 is 0 Å². The van der Waals surface area contributed by atoms with E-state index in [-0.39, 0.29) is 0 Å². The zero-order chi connectivity index (χ0) is 11.4. The van der Waals surface area contributed by atoms with Crippen molar-refractivity contribution < 1.29 is 0 Å². The number of rotatable bonds is 3. The molecule has 1 aliphatic rings. The molecule has 2 rings (SSSR count). The van der Waals surface area contributed by atoms with Crippen LogP contribution in [0.3, 0.4) is 0 Å². The van der Waals surface area contributed by atoms with Gasteiger partial charge in [-0.05, 0) is 24.5 Å². The number of hydrazine groups is 1. The molecule has 0 bridgehead atoms. The monoisotopic (exact) mass is 258 g/mol. The molecule has 1 heterocycles. The molecule has 1 fully saturated rings. The van der Waals surface area contributed by atoms with Gasteiger partial charge in [-0.25, -0.2) is 5.01 Å². The summed E-state index contributed by atoms with van der Waals surface area (Å²) in [6, 6.07) is 5.75. The fraction of sp³-hybridized carbons (Fsp3) is 0.500. The summed E-state index contributed by atoms with van der Waals surface area (Å²) in [6.07, 6.45) is 3.89. The molecule has 1 aromatic carbocycles. The number of nitrogens with one attached hydrogen (secondary N) is 1. The first-order valence-corrected chi connectivity index (χ1v) is 6.44. The van der Waals surface area contributed by atoms with Crippen LogP contribution in [-0.4, -0.2) is 18.1 Å². The van der Waals surface area contributed by atoms with Gasteiger partial charge in [-0.3, -0.25) is 5.43 Å². The average Bonchev–Trinajstić information content (AvgIpc) is 2.32. The van der Waals surface area contributed by atoms with Crippen molar-refractivity contribution in [2.45, 2.75) is 25.8 Å². The van der Waals surface area contributed by atoms with Crippen LogP contribution in [0.2, 0.25) is 10.0 Å². The maximum atomic E-state index is 6.12. The molecule has 1 saturated heterocycles. The Morgan fingerprint density at radius 1 is 1.12 bits per heavy atom. The Kier molecular flexibility index (Phi) is 4.47. The molecule has 4 heteroatoms. The summed E-state index contributed by atoms with van der Waals surface area (Å²) in [7, 11) is 0. The molecule has 0 atom stereocenters. The molecule has 0 radical (unpaired) electrons. The molecule has 1 aromatic rings. The van der Waals surface area contributed by atoms with Crippen LogP contribution in [0.25, 0.3) is 0 Å². The standard InChI is InChI=1S/C12H16Cl2N2/c13-11-6-4-5-10(12(11)14)9-15-16-7-2-1-3-8-16/h4-6,15H,1-3,7-9H2. The van der Waals surface area contributed by atoms with E-state index in [4.69, 9.17) is 23.2 Å². The van der Waals surface area contributed by atoms with E-state index in [9.17, 15) is 0 Å². The van der Waals surface area contributed by atoms with Crippen molar-refractivity contribution in [3.63, 3.8) is 0 Å². The Morgan fingerprint density at radius 3 is 2.62 bits per heavy atom. The van der Waals surface area contributed by atoms with Crippen LogP contribution in [0.1, 0.15) is 24.8 Å². The fourth-order valence-corrected chi connectivity index (χ4v) is 2.32. The Balaban J connectivity index is 1.91. The molecule has 0 unspecified atom stereocenters. The van der Waals surface area contributed by atoms with Gasteiger partial charge in [-0.2, -0.15) is 0 Å². The summed E-state index contributed by atoms with van der Waals surface area (Å²) in [5.41, 5.74) is 4.45. The highest BCUT2D eigenvalue weighted by atomic mass is 35.5. The highest BCUT2D eigenvalue weighted by Crippen LogP contribution is 2.25. The molecule has 0 aliphatic carbocycles. The van der Waals surface area contributed by atoms with Gasteiger partial charge in [-0.15, -0.1) is 0 Å². The van der Waals surface area contributed by atoms with Crippen LogP contribution in [0.4, 0.5) is 0 Å². The number of hydrogen-bond acceptors (Lipinski definition) is 2. The van der Waals surface area contributed by atoms with Crippen molar-refractivity contribution in [2.24, 2.45) is 0 Å². The van der Waals surface area contributed by atoms with E-state index in [1.165, 1.54) is 19.3 Å². The number of benzene rings is 1. The molecule has 0 aromatic heterocycles. The van der Waals surface area contributed by atoms with Gasteiger partial charge in [0.2, 0.25) is 0 Å². The van der Waals surface area contributed by atoms with Crippen LogP contribution in [0.5, 0.6) is 0 Å². The third-order valence-electron chi connectivity index (χ3n) is 2.88. The molecular weight excluding hydrogens is 243 g/mol. The van der Waals surface area contributed by atoms with Gasteiger partial charge in [0.05, 0.1) is 10.0 Å². The van der Waals surface area contributed by atoms with E-state index in [1.54, 1.807) is 0 Å². The number of hydrogen-bond donors (Lipinski definition) is 1. The molecule has 0 saturated carbocycles. The van der Waals surface area contributed by atoms with Gasteiger partial charge in [0.15, 0.2) is 0 Å². The van der Waals surface area contributed by atoms with Gasteiger partial charge in [-0.1, -0.05) is 41.8 Å². The third kappa shape index (κ3) is 3.11. The first kappa shape index (κ1) is 12.2. The smallest absolute Gasteiger partial charge is 0.0637 e. The van der Waals surface area contributed by atoms with E-state index in [0.717, 1.165) is 25.2 Å². The molecule has 0 spiro atoms. The van der Waals surface area contributed by atoms with E-state index >= 15 is 0 Å². The minimum Gasteiger partial charge on any atom is -0.251 e. The Bertz CT molecular complexity index is 349. The van der Waals surface area contributed by atoms with Gasteiger partial charge in [0.1, 0.15) is 0 Å². The first-order valence-electron chi connectivity index (χ1n) is 5.69. The molecule has 88 valence electrons. The molecule has 1 aliphatic heterocycles. The number of piperidine rings is 1. The summed E-state index contributed by atoms with van der Waals surface area (Å²) in [6.45, 7) is 3.00. The Labute approximate surface area is 107 Å². The maximum absolute atomic E-state index is 6.12. The lowest BCUT2D eigenvalue weighted by molar-refractivity contribution is 0.151. The number of nitrogens with zero attached hydrogens (tertiary/aromatic N) is 1. The number of halogens is 2. The summed E-state index contributed by atoms with van der Waals surface area (Å²) < 4.78 is 0. The predicted octanol–water partition coefficient (Wildman–Crippen LogP) is 3.48. The largest absolute Gasteiger partial charge is 0.251 e. The summed E-state index contributed by atoms with van der Waals surface area (Å²) >= 11 is 12.1. The highest BCUT2D eigenvalue weighted by molar-refractivity contribution is 6.42. The van der Waals surface area contributed by atoms with Gasteiger partial charge in [0.25, 0.3) is 0 Å². The topological polar surface area (TPSA) is 15.3 Å². The quantitative estimate of drug-likeness (QED) is 0.893. The van der Waals surface area contributed by atoms with Crippen molar-refractivity contribution in [3.05, 3.63) is 33.8 Å². The summed E-state index contributed by atoms with van der Waals surface area (Å²) in [5.74, 6) is 0. The van der Waals surface area contributed by atoms with E-state index < -0.39 is 0 Å². The van der Waals surface area contributed by atoms with Crippen LogP contribution in [-0.2, 0) is 6.54 Å². The maximum Gasteiger partial charge on any atom is 0.0637 e. The van der Waals surface area contributed by atoms with Crippen molar-refractivity contribution in [1.82, 2.24) is 10.4 Å². The molecular formula is C12H16Cl2N2. The van der Waals surface area contributed by atoms with Crippen LogP contribution in [0.15, 0.2) is 18.2 Å². The van der Waals surface area contributed by atoms with Gasteiger partial charge in [0, 0.05) is 19.6 Å². The second-order valence-corrected chi connectivity index (χ2v) is 4.88. The summed E-state index contributed by atoms with van der Waals surface area (Å²) in [4.78, 5) is 0. The van der Waals surface area contributed by atoms with Crippen molar-refractivity contribution in [1.29, 1.82) is 0 Å². The van der Waals surface area contributed by atoms with Crippen LogP contribution < -0.4 is 5.43 Å². The Morgan fingerprint density at radius 2 is 1.88 bits per heavy atom. The molecule has 1 N–H and O–H groups in total. The lowest BCUT2D eigenvalue weighted by Gasteiger charge is -2.27. The van der Waals surface area contributed by atoms with Crippen molar-refractivity contribution >= 4 is 23.2 Å². The lowest BCUT2D eigenvalue weighted by Crippen LogP contribution is -2.41. The van der Waals surface area contributed by atoms with Crippen molar-refractivity contribution in [2.75, 3.05) is 13.1 Å². The zero-order valence-electron chi connectivity index (χ0n) is 9.18. The highest BCUT2D eigenvalue weighted by Gasteiger charge is 2.10. The Hall–Kier alpha value is -0.280. The van der Waals surface area contributed by atoms with E-state index in [2.05, 4.69) is 10.4 Å².